The molecule has 0 bridgehead atoms. The van der Waals surface area contributed by atoms with Crippen molar-refractivity contribution < 1.29 is 14.0 Å². The summed E-state index contributed by atoms with van der Waals surface area (Å²) in [5, 5.41) is 5.50. The predicted octanol–water partition coefficient (Wildman–Crippen LogP) is 2.58. The molecule has 0 aliphatic carbocycles. The number of amides is 2. The minimum Gasteiger partial charge on any atom is -0.354 e. The average Bonchev–Trinajstić information content (AvgIpc) is 2.45. The Kier molecular flexibility index (Phi) is 7.95. The molecular formula is C16H23FN2O2S. The van der Waals surface area contributed by atoms with Crippen LogP contribution in [0.3, 0.4) is 0 Å². The summed E-state index contributed by atoms with van der Waals surface area (Å²) in [5.41, 5.74) is 0. The molecule has 0 spiro atoms. The molecule has 0 fully saturated rings. The van der Waals surface area contributed by atoms with Crippen LogP contribution in [0.1, 0.15) is 27.2 Å². The number of hydrogen-bond donors (Lipinski definition) is 2. The summed E-state index contributed by atoms with van der Waals surface area (Å²) in [7, 11) is 0. The average molecular weight is 326 g/mol. The maximum atomic E-state index is 12.8. The normalized spacial score (nSPS) is 12.0. The van der Waals surface area contributed by atoms with Gasteiger partial charge in [0.2, 0.25) is 11.8 Å². The maximum Gasteiger partial charge on any atom is 0.242 e. The zero-order valence-electron chi connectivity index (χ0n) is 13.2. The van der Waals surface area contributed by atoms with Gasteiger partial charge in [0, 0.05) is 18.4 Å². The molecule has 22 heavy (non-hydrogen) atoms. The van der Waals surface area contributed by atoms with Crippen LogP contribution in [0, 0.1) is 11.7 Å². The second-order valence-corrected chi connectivity index (χ2v) is 6.54. The first-order valence-electron chi connectivity index (χ1n) is 7.33. The van der Waals surface area contributed by atoms with Crippen LogP contribution in [0.5, 0.6) is 0 Å². The summed E-state index contributed by atoms with van der Waals surface area (Å²) < 4.78 is 12.8. The number of rotatable bonds is 8. The third kappa shape index (κ3) is 6.93. The van der Waals surface area contributed by atoms with Crippen molar-refractivity contribution in [3.8, 4) is 0 Å². The van der Waals surface area contributed by atoms with Crippen molar-refractivity contribution in [2.24, 2.45) is 5.92 Å². The SMILES string of the molecule is CC(=O)N[C@@H](C(=O)NCCCSc1ccc(F)cc1)C(C)C. The van der Waals surface area contributed by atoms with Gasteiger partial charge in [0.25, 0.3) is 0 Å². The fraction of sp³-hybridized carbons (Fsp3) is 0.500. The minimum absolute atomic E-state index is 0.0393. The minimum atomic E-state index is -0.498. The molecule has 0 saturated carbocycles. The molecule has 1 aromatic carbocycles. The van der Waals surface area contributed by atoms with Gasteiger partial charge in [-0.25, -0.2) is 4.39 Å². The zero-order valence-corrected chi connectivity index (χ0v) is 14.0. The molecule has 0 aromatic heterocycles. The fourth-order valence-electron chi connectivity index (χ4n) is 1.87. The summed E-state index contributed by atoms with van der Waals surface area (Å²) in [6, 6.07) is 5.85. The molecule has 2 N–H and O–H groups in total. The Morgan fingerprint density at radius 1 is 1.23 bits per heavy atom. The Morgan fingerprint density at radius 3 is 2.41 bits per heavy atom. The third-order valence-electron chi connectivity index (χ3n) is 3.01. The molecule has 1 aromatic rings. The van der Waals surface area contributed by atoms with Gasteiger partial charge in [-0.2, -0.15) is 0 Å². The van der Waals surface area contributed by atoms with Gasteiger partial charge in [-0.15, -0.1) is 11.8 Å². The fourth-order valence-corrected chi connectivity index (χ4v) is 2.72. The second kappa shape index (κ2) is 9.46. The molecule has 0 radical (unpaired) electrons. The Balaban J connectivity index is 2.26. The maximum absolute atomic E-state index is 12.8. The van der Waals surface area contributed by atoms with E-state index in [9.17, 15) is 14.0 Å². The first kappa shape index (κ1) is 18.5. The highest BCUT2D eigenvalue weighted by atomic mass is 32.2. The highest BCUT2D eigenvalue weighted by Gasteiger charge is 2.22. The van der Waals surface area contributed by atoms with Crippen molar-refractivity contribution >= 4 is 23.6 Å². The molecule has 6 heteroatoms. The molecule has 0 saturated heterocycles. The molecule has 0 aliphatic rings. The van der Waals surface area contributed by atoms with Gasteiger partial charge >= 0.3 is 0 Å². The van der Waals surface area contributed by atoms with Crippen LogP contribution in [0.25, 0.3) is 0 Å². The molecule has 1 rings (SSSR count). The summed E-state index contributed by atoms with van der Waals surface area (Å²) >= 11 is 1.62. The van der Waals surface area contributed by atoms with Crippen molar-refractivity contribution in [3.63, 3.8) is 0 Å². The van der Waals surface area contributed by atoms with E-state index >= 15 is 0 Å². The molecule has 1 atom stereocenters. The number of carbonyl (C=O) groups excluding carboxylic acids is 2. The molecule has 0 unspecified atom stereocenters. The number of hydrogen-bond acceptors (Lipinski definition) is 3. The molecule has 122 valence electrons. The largest absolute Gasteiger partial charge is 0.354 e. The Hall–Kier alpha value is -1.56. The molecule has 4 nitrogen and oxygen atoms in total. The van der Waals surface area contributed by atoms with Gasteiger partial charge in [0.05, 0.1) is 0 Å². The van der Waals surface area contributed by atoms with Crippen LogP contribution in [0.2, 0.25) is 0 Å². The second-order valence-electron chi connectivity index (χ2n) is 5.37. The lowest BCUT2D eigenvalue weighted by atomic mass is 10.0. The first-order valence-corrected chi connectivity index (χ1v) is 8.32. The third-order valence-corrected chi connectivity index (χ3v) is 4.11. The van der Waals surface area contributed by atoms with E-state index < -0.39 is 6.04 Å². The van der Waals surface area contributed by atoms with Crippen LogP contribution in [-0.4, -0.2) is 30.2 Å². The van der Waals surface area contributed by atoms with Crippen LogP contribution >= 0.6 is 11.8 Å². The molecule has 2 amide bonds. The summed E-state index contributed by atoms with van der Waals surface area (Å²) in [6.45, 7) is 5.74. The van der Waals surface area contributed by atoms with Crippen molar-refractivity contribution in [2.75, 3.05) is 12.3 Å². The van der Waals surface area contributed by atoms with E-state index in [1.54, 1.807) is 23.9 Å². The van der Waals surface area contributed by atoms with Crippen molar-refractivity contribution in [1.82, 2.24) is 10.6 Å². The number of thioether (sulfide) groups is 1. The van der Waals surface area contributed by atoms with Gasteiger partial charge in [-0.05, 0) is 42.4 Å². The zero-order chi connectivity index (χ0) is 16.5. The summed E-state index contributed by atoms with van der Waals surface area (Å²) in [6.07, 6.45) is 0.804. The standard InChI is InChI=1S/C16H23FN2O2S/c1-11(2)15(19-12(3)20)16(21)18-9-4-10-22-14-7-5-13(17)6-8-14/h5-8,11,15H,4,9-10H2,1-3H3,(H,18,21)(H,19,20)/t15-/m1/s1. The van der Waals surface area contributed by atoms with E-state index in [0.717, 1.165) is 17.1 Å². The molecule has 0 heterocycles. The number of carbonyl (C=O) groups is 2. The Labute approximate surface area is 135 Å². The van der Waals surface area contributed by atoms with E-state index in [1.807, 2.05) is 13.8 Å². The van der Waals surface area contributed by atoms with Crippen molar-refractivity contribution in [1.29, 1.82) is 0 Å². The van der Waals surface area contributed by atoms with E-state index in [2.05, 4.69) is 10.6 Å². The lowest BCUT2D eigenvalue weighted by Crippen LogP contribution is -2.49. The lowest BCUT2D eigenvalue weighted by Gasteiger charge is -2.20. The number of halogens is 1. The van der Waals surface area contributed by atoms with Crippen molar-refractivity contribution in [3.05, 3.63) is 30.1 Å². The summed E-state index contributed by atoms with van der Waals surface area (Å²) in [4.78, 5) is 24.1. The molecule has 0 aliphatic heterocycles. The van der Waals surface area contributed by atoms with Gasteiger partial charge < -0.3 is 10.6 Å². The van der Waals surface area contributed by atoms with E-state index in [0.29, 0.717) is 6.54 Å². The lowest BCUT2D eigenvalue weighted by molar-refractivity contribution is -0.129. The monoisotopic (exact) mass is 326 g/mol. The highest BCUT2D eigenvalue weighted by Crippen LogP contribution is 2.18. The molecular weight excluding hydrogens is 303 g/mol. The van der Waals surface area contributed by atoms with Crippen LogP contribution in [0.15, 0.2) is 29.2 Å². The number of benzene rings is 1. The topological polar surface area (TPSA) is 58.2 Å². The van der Waals surface area contributed by atoms with Crippen LogP contribution in [0.4, 0.5) is 4.39 Å². The Morgan fingerprint density at radius 2 is 1.86 bits per heavy atom. The van der Waals surface area contributed by atoms with E-state index in [4.69, 9.17) is 0 Å². The quantitative estimate of drug-likeness (QED) is 0.570. The smallest absolute Gasteiger partial charge is 0.242 e. The van der Waals surface area contributed by atoms with Crippen LogP contribution in [-0.2, 0) is 9.59 Å². The van der Waals surface area contributed by atoms with Gasteiger partial charge in [-0.3, -0.25) is 9.59 Å². The van der Waals surface area contributed by atoms with Gasteiger partial charge in [0.1, 0.15) is 11.9 Å². The van der Waals surface area contributed by atoms with Crippen LogP contribution < -0.4 is 10.6 Å². The predicted molar refractivity (Wildman–Crippen MR) is 87.2 cm³/mol. The van der Waals surface area contributed by atoms with E-state index in [1.165, 1.54) is 19.1 Å². The summed E-state index contributed by atoms with van der Waals surface area (Å²) in [5.74, 6) is 0.266. The van der Waals surface area contributed by atoms with E-state index in [-0.39, 0.29) is 23.5 Å². The van der Waals surface area contributed by atoms with Crippen molar-refractivity contribution in [2.45, 2.75) is 38.1 Å². The highest BCUT2D eigenvalue weighted by molar-refractivity contribution is 7.99. The first-order chi connectivity index (χ1) is 10.4. The Bertz CT molecular complexity index is 491. The van der Waals surface area contributed by atoms with Gasteiger partial charge in [-0.1, -0.05) is 13.8 Å². The number of nitrogens with one attached hydrogen (secondary N) is 2. The van der Waals surface area contributed by atoms with Gasteiger partial charge in [0.15, 0.2) is 0 Å².